The van der Waals surface area contributed by atoms with Crippen LogP contribution in [0.15, 0.2) is 12.1 Å². The summed E-state index contributed by atoms with van der Waals surface area (Å²) < 4.78 is 0.689. The van der Waals surface area contributed by atoms with Crippen molar-refractivity contribution < 1.29 is 9.59 Å². The van der Waals surface area contributed by atoms with Gasteiger partial charge in [-0.05, 0) is 32.4 Å². The van der Waals surface area contributed by atoms with Crippen molar-refractivity contribution in [1.29, 1.82) is 0 Å². The van der Waals surface area contributed by atoms with Crippen LogP contribution < -0.4 is 5.32 Å². The van der Waals surface area contributed by atoms with Gasteiger partial charge in [-0.25, -0.2) is 0 Å². The molecule has 2 amide bonds. The molecule has 6 heteroatoms. The van der Waals surface area contributed by atoms with Gasteiger partial charge in [0, 0.05) is 4.88 Å². The molecule has 0 aliphatic carbocycles. The molecule has 4 nitrogen and oxygen atoms in total. The van der Waals surface area contributed by atoms with Crippen LogP contribution in [-0.4, -0.2) is 28.3 Å². The lowest BCUT2D eigenvalue weighted by Gasteiger charge is -2.44. The number of halogens is 1. The van der Waals surface area contributed by atoms with Crippen molar-refractivity contribution in [3.8, 4) is 0 Å². The van der Waals surface area contributed by atoms with E-state index in [-0.39, 0.29) is 11.8 Å². The number of thiophene rings is 1. The standard InChI is InChI=1S/C13H17ClN2O2S/c1-4-9-11(17)16(13(2,3)12(18)15-9)7-8-5-6-10(14)19-8/h5-6,9H,4,7H2,1-3H3,(H,15,18). The first-order chi connectivity index (χ1) is 8.86. The Bertz CT molecular complexity index is 512. The molecule has 1 N–H and O–H groups in total. The number of carbonyl (C=O) groups is 2. The molecule has 19 heavy (non-hydrogen) atoms. The van der Waals surface area contributed by atoms with Crippen LogP contribution in [0.1, 0.15) is 32.1 Å². The number of rotatable bonds is 3. The molecule has 0 spiro atoms. The van der Waals surface area contributed by atoms with E-state index in [0.29, 0.717) is 17.3 Å². The monoisotopic (exact) mass is 300 g/mol. The molecule has 1 aromatic heterocycles. The maximum absolute atomic E-state index is 12.4. The van der Waals surface area contributed by atoms with Gasteiger partial charge in [0.25, 0.3) is 0 Å². The highest BCUT2D eigenvalue weighted by molar-refractivity contribution is 7.16. The summed E-state index contributed by atoms with van der Waals surface area (Å²) in [7, 11) is 0. The van der Waals surface area contributed by atoms with E-state index < -0.39 is 11.6 Å². The molecule has 2 rings (SSSR count). The van der Waals surface area contributed by atoms with E-state index in [9.17, 15) is 9.59 Å². The van der Waals surface area contributed by atoms with E-state index in [2.05, 4.69) is 5.32 Å². The van der Waals surface area contributed by atoms with Gasteiger partial charge in [-0.3, -0.25) is 9.59 Å². The van der Waals surface area contributed by atoms with E-state index >= 15 is 0 Å². The van der Waals surface area contributed by atoms with Crippen molar-refractivity contribution in [2.45, 2.75) is 45.3 Å². The van der Waals surface area contributed by atoms with Gasteiger partial charge >= 0.3 is 0 Å². The highest BCUT2D eigenvalue weighted by Gasteiger charge is 2.45. The fraction of sp³-hybridized carbons (Fsp3) is 0.538. The van der Waals surface area contributed by atoms with Crippen LogP contribution >= 0.6 is 22.9 Å². The van der Waals surface area contributed by atoms with E-state index in [1.165, 1.54) is 11.3 Å². The second-order valence-electron chi connectivity index (χ2n) is 5.12. The van der Waals surface area contributed by atoms with Crippen molar-refractivity contribution in [2.24, 2.45) is 0 Å². The molecule has 1 unspecified atom stereocenters. The third kappa shape index (κ3) is 2.62. The van der Waals surface area contributed by atoms with E-state index in [4.69, 9.17) is 11.6 Å². The van der Waals surface area contributed by atoms with E-state index in [0.717, 1.165) is 4.88 Å². The minimum Gasteiger partial charge on any atom is -0.342 e. The molecular formula is C13H17ClN2O2S. The van der Waals surface area contributed by atoms with Gasteiger partial charge in [0.1, 0.15) is 11.6 Å². The number of hydrogen-bond donors (Lipinski definition) is 1. The van der Waals surface area contributed by atoms with Crippen molar-refractivity contribution >= 4 is 34.8 Å². The first-order valence-electron chi connectivity index (χ1n) is 6.23. The molecule has 1 fully saturated rings. The summed E-state index contributed by atoms with van der Waals surface area (Å²) >= 11 is 7.34. The number of nitrogens with zero attached hydrogens (tertiary/aromatic N) is 1. The van der Waals surface area contributed by atoms with Gasteiger partial charge in [0.05, 0.1) is 10.9 Å². The Labute approximate surface area is 121 Å². The smallest absolute Gasteiger partial charge is 0.246 e. The molecule has 0 radical (unpaired) electrons. The quantitative estimate of drug-likeness (QED) is 0.932. The average Bonchev–Trinajstić information content (AvgIpc) is 2.75. The molecule has 1 aromatic rings. The molecule has 0 aromatic carbocycles. The molecule has 1 aliphatic rings. The second-order valence-corrected chi connectivity index (χ2v) is 6.92. The van der Waals surface area contributed by atoms with Crippen LogP contribution in [0, 0.1) is 0 Å². The van der Waals surface area contributed by atoms with Gasteiger partial charge in [0.2, 0.25) is 11.8 Å². The van der Waals surface area contributed by atoms with Gasteiger partial charge in [-0.2, -0.15) is 0 Å². The molecule has 1 atom stereocenters. The Balaban J connectivity index is 2.27. The normalized spacial score (nSPS) is 22.5. The van der Waals surface area contributed by atoms with Gasteiger partial charge in [-0.15, -0.1) is 11.3 Å². The highest BCUT2D eigenvalue weighted by Crippen LogP contribution is 2.28. The van der Waals surface area contributed by atoms with Crippen LogP contribution in [0.2, 0.25) is 4.34 Å². The number of piperazine rings is 1. The number of carbonyl (C=O) groups excluding carboxylic acids is 2. The topological polar surface area (TPSA) is 49.4 Å². The van der Waals surface area contributed by atoms with Crippen LogP contribution in [0.4, 0.5) is 0 Å². The van der Waals surface area contributed by atoms with Crippen LogP contribution in [0.3, 0.4) is 0 Å². The van der Waals surface area contributed by atoms with Gasteiger partial charge in [0.15, 0.2) is 0 Å². The fourth-order valence-corrected chi connectivity index (χ4v) is 3.20. The summed E-state index contributed by atoms with van der Waals surface area (Å²) in [4.78, 5) is 27.1. The van der Waals surface area contributed by atoms with E-state index in [1.807, 2.05) is 13.0 Å². The molecule has 2 heterocycles. The Morgan fingerprint density at radius 1 is 1.42 bits per heavy atom. The van der Waals surface area contributed by atoms with Crippen molar-refractivity contribution in [3.63, 3.8) is 0 Å². The third-order valence-electron chi connectivity index (χ3n) is 3.45. The Morgan fingerprint density at radius 2 is 2.11 bits per heavy atom. The number of nitrogens with one attached hydrogen (secondary N) is 1. The van der Waals surface area contributed by atoms with Crippen LogP contribution in [-0.2, 0) is 16.1 Å². The Morgan fingerprint density at radius 3 is 2.63 bits per heavy atom. The summed E-state index contributed by atoms with van der Waals surface area (Å²) in [6.45, 7) is 5.84. The average molecular weight is 301 g/mol. The minimum absolute atomic E-state index is 0.0309. The lowest BCUT2D eigenvalue weighted by atomic mass is 9.94. The lowest BCUT2D eigenvalue weighted by Crippen LogP contribution is -2.67. The maximum Gasteiger partial charge on any atom is 0.246 e. The first-order valence-corrected chi connectivity index (χ1v) is 7.42. The molecule has 1 aliphatic heterocycles. The minimum atomic E-state index is -0.834. The van der Waals surface area contributed by atoms with E-state index in [1.54, 1.807) is 24.8 Å². The zero-order chi connectivity index (χ0) is 14.2. The Kier molecular flexibility index (Phi) is 3.87. The number of hydrogen-bond acceptors (Lipinski definition) is 3. The summed E-state index contributed by atoms with van der Waals surface area (Å²) in [5.41, 5.74) is -0.834. The van der Waals surface area contributed by atoms with Gasteiger partial charge < -0.3 is 10.2 Å². The number of amides is 2. The zero-order valence-electron chi connectivity index (χ0n) is 11.2. The summed E-state index contributed by atoms with van der Waals surface area (Å²) in [6.07, 6.45) is 0.600. The predicted octanol–water partition coefficient (Wildman–Crippen LogP) is 2.42. The van der Waals surface area contributed by atoms with Crippen LogP contribution in [0.5, 0.6) is 0 Å². The first kappa shape index (κ1) is 14.3. The van der Waals surface area contributed by atoms with Crippen LogP contribution in [0.25, 0.3) is 0 Å². The lowest BCUT2D eigenvalue weighted by molar-refractivity contribution is -0.156. The summed E-state index contributed by atoms with van der Waals surface area (Å²) in [5.74, 6) is -0.141. The van der Waals surface area contributed by atoms with Gasteiger partial charge in [-0.1, -0.05) is 18.5 Å². The molecule has 104 valence electrons. The zero-order valence-corrected chi connectivity index (χ0v) is 12.8. The molecule has 0 saturated carbocycles. The summed E-state index contributed by atoms with van der Waals surface area (Å²) in [5, 5.41) is 2.77. The van der Waals surface area contributed by atoms with Crippen molar-refractivity contribution in [2.75, 3.05) is 0 Å². The predicted molar refractivity (Wildman–Crippen MR) is 76.2 cm³/mol. The largest absolute Gasteiger partial charge is 0.342 e. The maximum atomic E-state index is 12.4. The SMILES string of the molecule is CCC1NC(=O)C(C)(C)N(Cc2ccc(Cl)s2)C1=O. The second kappa shape index (κ2) is 5.13. The summed E-state index contributed by atoms with van der Waals surface area (Å²) in [6, 6.07) is 3.28. The third-order valence-corrected chi connectivity index (χ3v) is 4.67. The van der Waals surface area contributed by atoms with Crippen molar-refractivity contribution in [1.82, 2.24) is 10.2 Å². The van der Waals surface area contributed by atoms with Crippen molar-refractivity contribution in [3.05, 3.63) is 21.3 Å². The molecule has 0 bridgehead atoms. The molecular weight excluding hydrogens is 284 g/mol. The fourth-order valence-electron chi connectivity index (χ4n) is 2.13. The Hall–Kier alpha value is -1.07. The highest BCUT2D eigenvalue weighted by atomic mass is 35.5. The molecule has 1 saturated heterocycles.